The molecule has 92 valence electrons. The number of likely N-dealkylation sites (N-methyl/N-ethyl adjacent to an activating group) is 1. The Labute approximate surface area is 93.7 Å². The molecule has 0 saturated carbocycles. The van der Waals surface area contributed by atoms with Gasteiger partial charge < -0.3 is 5.73 Å². The van der Waals surface area contributed by atoms with E-state index in [2.05, 4.69) is 0 Å². The van der Waals surface area contributed by atoms with E-state index in [-0.39, 0.29) is 17.0 Å². The summed E-state index contributed by atoms with van der Waals surface area (Å²) in [5.74, 6) is 0.505. The molecule has 0 radical (unpaired) electrons. The Kier molecular flexibility index (Phi) is 5.77. The summed E-state index contributed by atoms with van der Waals surface area (Å²) in [6.45, 7) is 6.98. The Morgan fingerprint density at radius 2 is 1.80 bits per heavy atom. The molecule has 0 aromatic carbocycles. The predicted octanol–water partition coefficient (Wildman–Crippen LogP) is 0.480. The summed E-state index contributed by atoms with van der Waals surface area (Å²) in [6.07, 6.45) is 0.687. The monoisotopic (exact) mass is 236 g/mol. The zero-order valence-corrected chi connectivity index (χ0v) is 11.1. The van der Waals surface area contributed by atoms with Crippen LogP contribution in [-0.4, -0.2) is 50.5 Å². The van der Waals surface area contributed by atoms with E-state index in [1.807, 2.05) is 32.7 Å². The number of nitrogens with zero attached hydrogens (tertiary/aromatic N) is 1. The molecular formula is C10H24N2O2S. The first-order valence-electron chi connectivity index (χ1n) is 5.37. The van der Waals surface area contributed by atoms with E-state index in [4.69, 9.17) is 5.73 Å². The van der Waals surface area contributed by atoms with E-state index in [0.29, 0.717) is 19.5 Å². The molecule has 2 N–H and O–H groups in total. The second-order valence-electron chi connectivity index (χ2n) is 4.59. The van der Waals surface area contributed by atoms with Crippen LogP contribution in [-0.2, 0) is 9.84 Å². The highest BCUT2D eigenvalue weighted by atomic mass is 32.2. The van der Waals surface area contributed by atoms with Gasteiger partial charge >= 0.3 is 0 Å². The molecule has 0 amide bonds. The van der Waals surface area contributed by atoms with Crippen LogP contribution in [0.2, 0.25) is 0 Å². The minimum atomic E-state index is -2.88. The van der Waals surface area contributed by atoms with Crippen LogP contribution in [0, 0.1) is 0 Å². The Hall–Kier alpha value is -0.130. The summed E-state index contributed by atoms with van der Waals surface area (Å²) in [5.41, 5.74) is 5.48. The van der Waals surface area contributed by atoms with E-state index in [9.17, 15) is 8.42 Å². The summed E-state index contributed by atoms with van der Waals surface area (Å²) in [7, 11) is -0.967. The summed E-state index contributed by atoms with van der Waals surface area (Å²) < 4.78 is 23.0. The average molecular weight is 236 g/mol. The summed E-state index contributed by atoms with van der Waals surface area (Å²) in [6, 6.07) is 0. The molecule has 0 rings (SSSR count). The highest BCUT2D eigenvalue weighted by Crippen LogP contribution is 2.09. The van der Waals surface area contributed by atoms with Gasteiger partial charge in [-0.1, -0.05) is 6.92 Å². The Balaban J connectivity index is 4.17. The van der Waals surface area contributed by atoms with Crippen molar-refractivity contribution in [3.63, 3.8) is 0 Å². The third-order valence-electron chi connectivity index (χ3n) is 2.79. The van der Waals surface area contributed by atoms with Gasteiger partial charge in [0.2, 0.25) is 0 Å². The molecule has 0 aliphatic heterocycles. The molecule has 0 aromatic heterocycles. The lowest BCUT2D eigenvalue weighted by Gasteiger charge is -2.34. The smallest absolute Gasteiger partial charge is 0.151 e. The fourth-order valence-corrected chi connectivity index (χ4v) is 2.53. The lowest BCUT2D eigenvalue weighted by molar-refractivity contribution is 0.174. The zero-order valence-electron chi connectivity index (χ0n) is 10.3. The molecule has 15 heavy (non-hydrogen) atoms. The lowest BCUT2D eigenvalue weighted by Crippen LogP contribution is -2.48. The van der Waals surface area contributed by atoms with Gasteiger partial charge in [0.15, 0.2) is 9.84 Å². The van der Waals surface area contributed by atoms with Crippen LogP contribution < -0.4 is 5.73 Å². The first kappa shape index (κ1) is 14.9. The normalized spacial score (nSPS) is 13.5. The van der Waals surface area contributed by atoms with Crippen molar-refractivity contribution in [1.29, 1.82) is 0 Å². The summed E-state index contributed by atoms with van der Waals surface area (Å²) in [4.78, 5) is 2.00. The minimum absolute atomic E-state index is 0.137. The topological polar surface area (TPSA) is 63.4 Å². The van der Waals surface area contributed by atoms with Gasteiger partial charge in [-0.3, -0.25) is 4.90 Å². The standard InChI is InChI=1S/C10H24N2O2S/c1-5-7-15(13,14)8-6-12(4)10(2,3)9-11/h5-9,11H2,1-4H3. The van der Waals surface area contributed by atoms with E-state index < -0.39 is 9.84 Å². The molecule has 0 aliphatic rings. The number of hydrogen-bond donors (Lipinski definition) is 1. The molecule has 0 atom stereocenters. The third-order valence-corrected chi connectivity index (χ3v) is 4.62. The van der Waals surface area contributed by atoms with Crippen LogP contribution in [0.25, 0.3) is 0 Å². The fourth-order valence-electron chi connectivity index (χ4n) is 1.15. The maximum Gasteiger partial charge on any atom is 0.151 e. The summed E-state index contributed by atoms with van der Waals surface area (Å²) >= 11 is 0. The largest absolute Gasteiger partial charge is 0.329 e. The second kappa shape index (κ2) is 5.82. The zero-order chi connectivity index (χ0) is 12.1. The van der Waals surface area contributed by atoms with Crippen LogP contribution in [0.15, 0.2) is 0 Å². The van der Waals surface area contributed by atoms with Crippen molar-refractivity contribution in [2.75, 3.05) is 31.6 Å². The van der Waals surface area contributed by atoms with Crippen molar-refractivity contribution in [3.05, 3.63) is 0 Å². The molecule has 0 aliphatic carbocycles. The lowest BCUT2D eigenvalue weighted by atomic mass is 10.0. The minimum Gasteiger partial charge on any atom is -0.329 e. The highest BCUT2D eigenvalue weighted by Gasteiger charge is 2.22. The Morgan fingerprint density at radius 3 is 2.20 bits per heavy atom. The van der Waals surface area contributed by atoms with E-state index in [1.54, 1.807) is 0 Å². The molecule has 0 unspecified atom stereocenters. The fraction of sp³-hybridized carbons (Fsp3) is 1.00. The van der Waals surface area contributed by atoms with E-state index in [0.717, 1.165) is 0 Å². The van der Waals surface area contributed by atoms with Crippen molar-refractivity contribution in [1.82, 2.24) is 4.90 Å². The highest BCUT2D eigenvalue weighted by molar-refractivity contribution is 7.91. The second-order valence-corrected chi connectivity index (χ2v) is 6.89. The number of sulfone groups is 1. The maximum absolute atomic E-state index is 11.5. The van der Waals surface area contributed by atoms with E-state index >= 15 is 0 Å². The van der Waals surface area contributed by atoms with Gasteiger partial charge in [0.25, 0.3) is 0 Å². The number of rotatable bonds is 7. The van der Waals surface area contributed by atoms with E-state index in [1.165, 1.54) is 0 Å². The molecule has 0 spiro atoms. The molecule has 5 heteroatoms. The number of hydrogen-bond acceptors (Lipinski definition) is 4. The van der Waals surface area contributed by atoms with Crippen LogP contribution in [0.4, 0.5) is 0 Å². The van der Waals surface area contributed by atoms with Crippen LogP contribution in [0.5, 0.6) is 0 Å². The van der Waals surface area contributed by atoms with Gasteiger partial charge in [0.05, 0.1) is 5.75 Å². The van der Waals surface area contributed by atoms with Gasteiger partial charge in [-0.05, 0) is 27.3 Å². The first-order valence-corrected chi connectivity index (χ1v) is 7.19. The van der Waals surface area contributed by atoms with Gasteiger partial charge in [-0.2, -0.15) is 0 Å². The van der Waals surface area contributed by atoms with Gasteiger partial charge in [-0.25, -0.2) is 8.42 Å². The molecular weight excluding hydrogens is 212 g/mol. The van der Waals surface area contributed by atoms with Crippen LogP contribution in [0.3, 0.4) is 0 Å². The van der Waals surface area contributed by atoms with Gasteiger partial charge in [-0.15, -0.1) is 0 Å². The van der Waals surface area contributed by atoms with Crippen molar-refractivity contribution >= 4 is 9.84 Å². The van der Waals surface area contributed by atoms with Gasteiger partial charge in [0, 0.05) is 24.4 Å². The van der Waals surface area contributed by atoms with Crippen molar-refractivity contribution in [3.8, 4) is 0 Å². The molecule has 0 bridgehead atoms. The SMILES string of the molecule is CCCS(=O)(=O)CCN(C)C(C)(C)CN. The van der Waals surface area contributed by atoms with Crippen molar-refractivity contribution < 1.29 is 8.42 Å². The molecule has 0 aromatic rings. The van der Waals surface area contributed by atoms with Crippen molar-refractivity contribution in [2.45, 2.75) is 32.7 Å². The van der Waals surface area contributed by atoms with Crippen molar-refractivity contribution in [2.24, 2.45) is 5.73 Å². The Morgan fingerprint density at radius 1 is 1.27 bits per heavy atom. The van der Waals surface area contributed by atoms with Gasteiger partial charge in [0.1, 0.15) is 0 Å². The molecule has 0 fully saturated rings. The number of nitrogens with two attached hydrogens (primary N) is 1. The third kappa shape index (κ3) is 5.49. The molecule has 0 saturated heterocycles. The molecule has 4 nitrogen and oxygen atoms in total. The maximum atomic E-state index is 11.5. The summed E-state index contributed by atoms with van der Waals surface area (Å²) in [5, 5.41) is 0. The quantitative estimate of drug-likeness (QED) is 0.698. The van der Waals surface area contributed by atoms with Crippen LogP contribution in [0.1, 0.15) is 27.2 Å². The average Bonchev–Trinajstić information content (AvgIpc) is 2.14. The Bertz CT molecular complexity index is 273. The first-order chi connectivity index (χ1) is 6.75. The van der Waals surface area contributed by atoms with Crippen LogP contribution >= 0.6 is 0 Å². The molecule has 0 heterocycles. The predicted molar refractivity (Wildman–Crippen MR) is 64.7 cm³/mol.